The van der Waals surface area contributed by atoms with Crippen molar-refractivity contribution in [1.82, 2.24) is 4.90 Å². The van der Waals surface area contributed by atoms with Gasteiger partial charge in [0.15, 0.2) is 0 Å². The van der Waals surface area contributed by atoms with Crippen molar-refractivity contribution in [2.75, 3.05) is 30.3 Å². The number of aliphatic carboxylic acids is 1. The minimum Gasteiger partial charge on any atom is -0.484 e. The van der Waals surface area contributed by atoms with Crippen LogP contribution in [0.4, 0.5) is 0 Å². The Hall–Kier alpha value is -2.26. The summed E-state index contributed by atoms with van der Waals surface area (Å²) in [6.45, 7) is 1.04. The van der Waals surface area contributed by atoms with Crippen LogP contribution in [-0.4, -0.2) is 69.4 Å². The quantitative estimate of drug-likeness (QED) is 0.720. The average molecular weight is 434 g/mol. The van der Waals surface area contributed by atoms with Gasteiger partial charge in [-0.1, -0.05) is 24.3 Å². The number of carbonyl (C=O) groups excluding carboxylic acids is 3. The van der Waals surface area contributed by atoms with E-state index in [0.717, 1.165) is 11.8 Å². The molecule has 0 unspecified atom stereocenters. The second-order valence-electron chi connectivity index (χ2n) is 7.20. The largest absolute Gasteiger partial charge is 0.484 e. The van der Waals surface area contributed by atoms with Crippen molar-refractivity contribution >= 4 is 52.7 Å². The first-order valence-corrected chi connectivity index (χ1v) is 11.4. The number of benzene rings is 1. The predicted octanol–water partition coefficient (Wildman–Crippen LogP) is 2.06. The molecular formula is C20H19NO6S2. The van der Waals surface area contributed by atoms with Crippen molar-refractivity contribution in [3.05, 3.63) is 40.3 Å². The third kappa shape index (κ3) is 3.81. The van der Waals surface area contributed by atoms with Crippen molar-refractivity contribution in [3.8, 4) is 0 Å². The molecule has 152 valence electrons. The minimum absolute atomic E-state index is 0.0711. The van der Waals surface area contributed by atoms with Crippen molar-refractivity contribution in [1.29, 1.82) is 0 Å². The second-order valence-corrected chi connectivity index (χ2v) is 9.17. The van der Waals surface area contributed by atoms with Gasteiger partial charge in [0.25, 0.3) is 0 Å². The van der Waals surface area contributed by atoms with E-state index in [1.807, 2.05) is 6.07 Å². The summed E-state index contributed by atoms with van der Waals surface area (Å²) in [4.78, 5) is 49.8. The summed E-state index contributed by atoms with van der Waals surface area (Å²) in [7, 11) is 0. The van der Waals surface area contributed by atoms with Gasteiger partial charge in [0.2, 0.25) is 17.5 Å². The number of carbonyl (C=O) groups is 4. The molecule has 9 heteroatoms. The highest BCUT2D eigenvalue weighted by Crippen LogP contribution is 2.47. The van der Waals surface area contributed by atoms with Gasteiger partial charge in [-0.2, -0.15) is 0 Å². The van der Waals surface area contributed by atoms with E-state index < -0.39 is 23.1 Å². The van der Waals surface area contributed by atoms with Crippen LogP contribution in [0, 0.1) is 0 Å². The molecule has 0 aromatic heterocycles. The van der Waals surface area contributed by atoms with Crippen LogP contribution in [0.25, 0.3) is 5.76 Å². The van der Waals surface area contributed by atoms with E-state index >= 15 is 0 Å². The van der Waals surface area contributed by atoms with Crippen LogP contribution in [0.3, 0.4) is 0 Å². The Balaban J connectivity index is 1.46. The van der Waals surface area contributed by atoms with Crippen LogP contribution in [0.1, 0.15) is 28.8 Å². The summed E-state index contributed by atoms with van der Waals surface area (Å²) in [5, 5.41) is 8.69. The molecular weight excluding hydrogens is 414 g/mol. The molecule has 1 N–H and O–H groups in total. The van der Waals surface area contributed by atoms with Crippen LogP contribution < -0.4 is 0 Å². The Morgan fingerprint density at radius 3 is 2.48 bits per heavy atom. The summed E-state index contributed by atoms with van der Waals surface area (Å²) in [5.74, 6) is -0.912. The Bertz CT molecular complexity index is 933. The Labute approximate surface area is 175 Å². The van der Waals surface area contributed by atoms with E-state index in [1.165, 1.54) is 11.8 Å². The highest BCUT2D eigenvalue weighted by atomic mass is 32.2. The number of hydrogen-bond acceptors (Lipinski definition) is 7. The molecule has 0 atom stereocenters. The Morgan fingerprint density at radius 2 is 1.79 bits per heavy atom. The standard InChI is InChI=1S/C20H19NO6S2/c22-14(9-28-10-15(23)24)21-7-5-20(6-8-21)11-29-19-17(26)16(25)12-3-1-2-4-13(12)18(19)27-20/h1-4H,5-11H2,(H,23,24). The van der Waals surface area contributed by atoms with Gasteiger partial charge in [-0.05, 0) is 0 Å². The number of amides is 1. The van der Waals surface area contributed by atoms with E-state index in [9.17, 15) is 19.2 Å². The molecule has 3 aliphatic rings. The summed E-state index contributed by atoms with van der Waals surface area (Å²) in [6, 6.07) is 6.99. The fourth-order valence-corrected chi connectivity index (χ4v) is 5.63. The maximum absolute atomic E-state index is 12.5. The molecule has 29 heavy (non-hydrogen) atoms. The number of nitrogens with zero attached hydrogens (tertiary/aromatic N) is 1. The molecule has 0 radical (unpaired) electrons. The van der Waals surface area contributed by atoms with Crippen molar-refractivity contribution in [3.63, 3.8) is 0 Å². The molecule has 1 amide bonds. The summed E-state index contributed by atoms with van der Waals surface area (Å²) >= 11 is 2.46. The molecule has 1 aliphatic carbocycles. The van der Waals surface area contributed by atoms with Gasteiger partial charge in [-0.3, -0.25) is 19.2 Å². The predicted molar refractivity (Wildman–Crippen MR) is 110 cm³/mol. The van der Waals surface area contributed by atoms with Gasteiger partial charge in [-0.25, -0.2) is 0 Å². The first-order chi connectivity index (χ1) is 13.9. The zero-order chi connectivity index (χ0) is 20.6. The monoisotopic (exact) mass is 433 g/mol. The number of piperidine rings is 1. The molecule has 1 saturated heterocycles. The number of fused-ring (bicyclic) bond motifs is 2. The number of thioether (sulfide) groups is 2. The molecule has 1 aromatic rings. The molecule has 1 aromatic carbocycles. The van der Waals surface area contributed by atoms with Crippen LogP contribution >= 0.6 is 23.5 Å². The van der Waals surface area contributed by atoms with Crippen molar-refractivity contribution in [2.24, 2.45) is 0 Å². The second kappa shape index (κ2) is 7.87. The van der Waals surface area contributed by atoms with Crippen molar-refractivity contribution in [2.45, 2.75) is 18.4 Å². The SMILES string of the molecule is O=C(O)CSCC(=O)N1CCC2(CC1)CSC1=C(O2)c2ccccc2C(=O)C1=O. The first-order valence-electron chi connectivity index (χ1n) is 9.22. The summed E-state index contributed by atoms with van der Waals surface area (Å²) in [5.41, 5.74) is 0.543. The first kappa shape index (κ1) is 20.0. The number of ether oxygens (including phenoxy) is 1. The lowest BCUT2D eigenvalue weighted by Crippen LogP contribution is -2.51. The molecule has 1 spiro atoms. The maximum atomic E-state index is 12.5. The van der Waals surface area contributed by atoms with Crippen LogP contribution in [0.2, 0.25) is 0 Å². The molecule has 2 heterocycles. The van der Waals surface area contributed by atoms with Crippen LogP contribution in [-0.2, 0) is 19.1 Å². The molecule has 1 fully saturated rings. The number of hydrogen-bond donors (Lipinski definition) is 1. The topological polar surface area (TPSA) is 101 Å². The van der Waals surface area contributed by atoms with Crippen LogP contribution in [0.15, 0.2) is 29.2 Å². The third-order valence-electron chi connectivity index (χ3n) is 5.31. The molecule has 2 aliphatic heterocycles. The van der Waals surface area contributed by atoms with E-state index in [2.05, 4.69) is 0 Å². The highest BCUT2D eigenvalue weighted by molar-refractivity contribution is 8.04. The molecule has 4 rings (SSSR count). The lowest BCUT2D eigenvalue weighted by Gasteiger charge is -2.45. The van der Waals surface area contributed by atoms with E-state index in [4.69, 9.17) is 9.84 Å². The third-order valence-corrected chi connectivity index (χ3v) is 7.54. The lowest BCUT2D eigenvalue weighted by molar-refractivity contribution is -0.134. The zero-order valence-electron chi connectivity index (χ0n) is 15.5. The van der Waals surface area contributed by atoms with E-state index in [0.29, 0.717) is 53.5 Å². The molecule has 0 bridgehead atoms. The zero-order valence-corrected chi connectivity index (χ0v) is 17.1. The smallest absolute Gasteiger partial charge is 0.313 e. The van der Waals surface area contributed by atoms with Gasteiger partial charge >= 0.3 is 5.97 Å². The number of carboxylic acids is 1. The normalized spacial score (nSPS) is 20.2. The lowest BCUT2D eigenvalue weighted by atomic mass is 9.90. The summed E-state index contributed by atoms with van der Waals surface area (Å²) < 4.78 is 6.37. The number of carboxylic acid groups (broad SMARTS) is 1. The fourth-order valence-electron chi connectivity index (χ4n) is 3.74. The van der Waals surface area contributed by atoms with E-state index in [-0.39, 0.29) is 17.4 Å². The van der Waals surface area contributed by atoms with E-state index in [1.54, 1.807) is 23.1 Å². The minimum atomic E-state index is -0.933. The summed E-state index contributed by atoms with van der Waals surface area (Å²) in [6.07, 6.45) is 1.24. The van der Waals surface area contributed by atoms with Crippen LogP contribution in [0.5, 0.6) is 0 Å². The number of likely N-dealkylation sites (tertiary alicyclic amines) is 1. The molecule has 0 saturated carbocycles. The highest BCUT2D eigenvalue weighted by Gasteiger charge is 2.46. The average Bonchev–Trinajstić information content (AvgIpc) is 2.72. The van der Waals surface area contributed by atoms with Gasteiger partial charge in [0.05, 0.1) is 11.5 Å². The maximum Gasteiger partial charge on any atom is 0.313 e. The fraction of sp³-hybridized carbons (Fsp3) is 0.400. The number of Topliss-reactive ketones (excluding diaryl/α,β-unsaturated/α-hetero) is 2. The Morgan fingerprint density at radius 1 is 1.10 bits per heavy atom. The van der Waals surface area contributed by atoms with Crippen molar-refractivity contribution < 1.29 is 29.0 Å². The van der Waals surface area contributed by atoms with Gasteiger partial charge in [0.1, 0.15) is 16.3 Å². The van der Waals surface area contributed by atoms with Gasteiger partial charge in [-0.15, -0.1) is 23.5 Å². The molecule has 7 nitrogen and oxygen atoms in total. The number of allylic oxidation sites excluding steroid dienone is 1. The number of ketones is 2. The Kier molecular flexibility index (Phi) is 5.44. The number of rotatable bonds is 4. The van der Waals surface area contributed by atoms with Gasteiger partial charge in [0, 0.05) is 42.8 Å². The van der Waals surface area contributed by atoms with Gasteiger partial charge < -0.3 is 14.7 Å².